The number of rotatable bonds is 12. The predicted molar refractivity (Wildman–Crippen MR) is 134 cm³/mol. The maximum Gasteiger partial charge on any atom is 0.232 e. The van der Waals surface area contributed by atoms with Gasteiger partial charge in [0.2, 0.25) is 5.88 Å². The van der Waals surface area contributed by atoms with Crippen molar-refractivity contribution in [2.75, 3.05) is 57.5 Å². The second-order valence-corrected chi connectivity index (χ2v) is 9.50. The Labute approximate surface area is 215 Å². The fourth-order valence-electron chi connectivity index (χ4n) is 4.84. The van der Waals surface area contributed by atoms with Crippen molar-refractivity contribution in [3.05, 3.63) is 59.8 Å². The van der Waals surface area contributed by atoms with Gasteiger partial charge in [0, 0.05) is 44.9 Å². The zero-order valence-corrected chi connectivity index (χ0v) is 20.9. The van der Waals surface area contributed by atoms with E-state index in [1.807, 2.05) is 12.1 Å². The third kappa shape index (κ3) is 6.97. The normalized spacial score (nSPS) is 19.1. The minimum absolute atomic E-state index is 0.0946. The summed E-state index contributed by atoms with van der Waals surface area (Å²) >= 11 is 0. The predicted octanol–water partition coefficient (Wildman–Crippen LogP) is 3.47. The first-order valence-electron chi connectivity index (χ1n) is 12.8. The minimum Gasteiger partial charge on any atom is -0.467 e. The van der Waals surface area contributed by atoms with Gasteiger partial charge < -0.3 is 33.2 Å². The van der Waals surface area contributed by atoms with E-state index in [4.69, 9.17) is 23.2 Å². The van der Waals surface area contributed by atoms with E-state index in [0.29, 0.717) is 69.9 Å². The Hall–Kier alpha value is -2.76. The molecule has 0 bridgehead atoms. The topological polar surface area (TPSA) is 93.6 Å². The van der Waals surface area contributed by atoms with Gasteiger partial charge in [0.15, 0.2) is 0 Å². The number of nitrogens with zero attached hydrogens (tertiary/aromatic N) is 3. The zero-order valence-electron chi connectivity index (χ0n) is 20.9. The van der Waals surface area contributed by atoms with Crippen molar-refractivity contribution < 1.29 is 32.6 Å². The lowest BCUT2D eigenvalue weighted by molar-refractivity contribution is -0.00634. The quantitative estimate of drug-likeness (QED) is 0.389. The van der Waals surface area contributed by atoms with Crippen LogP contribution < -0.4 is 4.90 Å². The number of morpholine rings is 1. The smallest absolute Gasteiger partial charge is 0.232 e. The lowest BCUT2D eigenvalue weighted by Gasteiger charge is -2.30. The van der Waals surface area contributed by atoms with E-state index in [-0.39, 0.29) is 18.5 Å². The first-order valence-corrected chi connectivity index (χ1v) is 12.8. The first kappa shape index (κ1) is 25.9. The SMILES string of the molecule is OC(COCc1ccco1)CN(Cc1c(-c2ccc(F)cc2)noc1N1CCOCC1)CC1CCCO1. The number of aromatic nitrogens is 1. The van der Waals surface area contributed by atoms with Gasteiger partial charge in [-0.15, -0.1) is 0 Å². The van der Waals surface area contributed by atoms with Crippen molar-refractivity contribution in [2.45, 2.75) is 38.2 Å². The van der Waals surface area contributed by atoms with E-state index >= 15 is 0 Å². The molecule has 0 aliphatic carbocycles. The molecule has 0 amide bonds. The molecule has 2 saturated heterocycles. The molecule has 3 aromatic rings. The van der Waals surface area contributed by atoms with Gasteiger partial charge in [0.25, 0.3) is 0 Å². The molecule has 4 heterocycles. The van der Waals surface area contributed by atoms with Crippen molar-refractivity contribution >= 4 is 5.88 Å². The van der Waals surface area contributed by atoms with Crippen molar-refractivity contribution in [3.63, 3.8) is 0 Å². The summed E-state index contributed by atoms with van der Waals surface area (Å²) in [5.74, 6) is 1.09. The maximum absolute atomic E-state index is 13.6. The Balaban J connectivity index is 1.35. The molecule has 1 aromatic carbocycles. The number of hydrogen-bond acceptors (Lipinski definition) is 9. The lowest BCUT2D eigenvalue weighted by Crippen LogP contribution is -2.40. The molecule has 1 N–H and O–H groups in total. The van der Waals surface area contributed by atoms with Gasteiger partial charge in [0.1, 0.15) is 23.9 Å². The fourth-order valence-corrected chi connectivity index (χ4v) is 4.84. The average molecular weight is 516 g/mol. The number of ether oxygens (including phenoxy) is 3. The van der Waals surface area contributed by atoms with Crippen molar-refractivity contribution in [2.24, 2.45) is 0 Å². The molecule has 2 fully saturated rings. The number of halogens is 1. The van der Waals surface area contributed by atoms with E-state index in [9.17, 15) is 9.50 Å². The molecule has 2 aliphatic heterocycles. The number of aliphatic hydroxyl groups is 1. The van der Waals surface area contributed by atoms with Crippen LogP contribution in [-0.4, -0.2) is 80.0 Å². The summed E-state index contributed by atoms with van der Waals surface area (Å²) in [4.78, 5) is 4.30. The molecule has 10 heteroatoms. The van der Waals surface area contributed by atoms with Crippen LogP contribution in [0.4, 0.5) is 10.3 Å². The Bertz CT molecular complexity index is 1080. The first-order chi connectivity index (χ1) is 18.2. The van der Waals surface area contributed by atoms with Crippen LogP contribution in [0.5, 0.6) is 0 Å². The van der Waals surface area contributed by atoms with Crippen molar-refractivity contribution in [1.82, 2.24) is 10.1 Å². The van der Waals surface area contributed by atoms with E-state index in [1.54, 1.807) is 18.4 Å². The van der Waals surface area contributed by atoms with Crippen LogP contribution in [0, 0.1) is 5.82 Å². The van der Waals surface area contributed by atoms with Gasteiger partial charge in [-0.3, -0.25) is 4.90 Å². The molecule has 200 valence electrons. The molecule has 37 heavy (non-hydrogen) atoms. The summed E-state index contributed by atoms with van der Waals surface area (Å²) in [5.41, 5.74) is 2.34. The second kappa shape index (κ2) is 12.7. The maximum atomic E-state index is 13.6. The highest BCUT2D eigenvalue weighted by Crippen LogP contribution is 2.33. The molecule has 2 atom stereocenters. The van der Waals surface area contributed by atoms with E-state index in [1.165, 1.54) is 12.1 Å². The number of anilines is 1. The van der Waals surface area contributed by atoms with Gasteiger partial charge in [-0.05, 0) is 49.2 Å². The Morgan fingerprint density at radius 2 is 2.00 bits per heavy atom. The number of hydrogen-bond donors (Lipinski definition) is 1. The van der Waals surface area contributed by atoms with Crippen LogP contribution >= 0.6 is 0 Å². The third-order valence-electron chi connectivity index (χ3n) is 6.65. The molecule has 0 radical (unpaired) electrons. The van der Waals surface area contributed by atoms with Crippen molar-refractivity contribution in [3.8, 4) is 11.3 Å². The molecule has 2 aromatic heterocycles. The lowest BCUT2D eigenvalue weighted by atomic mass is 10.1. The van der Waals surface area contributed by atoms with E-state index in [0.717, 1.165) is 30.6 Å². The Morgan fingerprint density at radius 3 is 2.73 bits per heavy atom. The van der Waals surface area contributed by atoms with Gasteiger partial charge in [-0.2, -0.15) is 0 Å². The third-order valence-corrected chi connectivity index (χ3v) is 6.65. The summed E-state index contributed by atoms with van der Waals surface area (Å²) in [6, 6.07) is 9.91. The monoisotopic (exact) mass is 515 g/mol. The Kier molecular flexibility index (Phi) is 8.85. The van der Waals surface area contributed by atoms with Crippen LogP contribution in [-0.2, 0) is 27.4 Å². The van der Waals surface area contributed by atoms with E-state index < -0.39 is 6.10 Å². The van der Waals surface area contributed by atoms with Crippen LogP contribution in [0.2, 0.25) is 0 Å². The summed E-state index contributed by atoms with van der Waals surface area (Å²) in [7, 11) is 0. The molecule has 0 spiro atoms. The van der Waals surface area contributed by atoms with Crippen LogP contribution in [0.15, 0.2) is 51.6 Å². The molecule has 2 unspecified atom stereocenters. The van der Waals surface area contributed by atoms with Gasteiger partial charge in [-0.25, -0.2) is 4.39 Å². The highest BCUT2D eigenvalue weighted by Gasteiger charge is 2.28. The number of furan rings is 1. The standard InChI is InChI=1S/C27H34FN3O6/c28-21-7-5-20(6-8-21)26-25(27(37-29-26)31-9-13-33-14-10-31)17-30(16-23-3-1-11-35-23)15-22(32)18-34-19-24-4-2-12-36-24/h2,4-8,12,22-23,32H,1,3,9-11,13-19H2. The zero-order chi connectivity index (χ0) is 25.5. The van der Waals surface area contributed by atoms with Gasteiger partial charge >= 0.3 is 0 Å². The molecule has 5 rings (SSSR count). The van der Waals surface area contributed by atoms with Crippen LogP contribution in [0.3, 0.4) is 0 Å². The highest BCUT2D eigenvalue weighted by atomic mass is 19.1. The van der Waals surface area contributed by atoms with Crippen LogP contribution in [0.1, 0.15) is 24.2 Å². The van der Waals surface area contributed by atoms with E-state index in [2.05, 4.69) is 15.0 Å². The molecule has 2 aliphatic rings. The molecule has 9 nitrogen and oxygen atoms in total. The summed E-state index contributed by atoms with van der Waals surface area (Å²) < 4.78 is 41.9. The number of benzene rings is 1. The molecular formula is C27H34FN3O6. The van der Waals surface area contributed by atoms with Gasteiger partial charge in [0.05, 0.1) is 43.9 Å². The largest absolute Gasteiger partial charge is 0.467 e. The average Bonchev–Trinajstić information content (AvgIpc) is 3.68. The fraction of sp³-hybridized carbons (Fsp3) is 0.519. The summed E-state index contributed by atoms with van der Waals surface area (Å²) in [6.45, 7) is 5.36. The number of aliphatic hydroxyl groups excluding tert-OH is 1. The highest BCUT2D eigenvalue weighted by molar-refractivity contribution is 5.68. The minimum atomic E-state index is -0.711. The van der Waals surface area contributed by atoms with Crippen LogP contribution in [0.25, 0.3) is 11.3 Å². The second-order valence-electron chi connectivity index (χ2n) is 9.50. The summed E-state index contributed by atoms with van der Waals surface area (Å²) in [5, 5.41) is 15.2. The van der Waals surface area contributed by atoms with Gasteiger partial charge in [-0.1, -0.05) is 5.16 Å². The Morgan fingerprint density at radius 1 is 1.16 bits per heavy atom. The van der Waals surface area contributed by atoms with Crippen molar-refractivity contribution in [1.29, 1.82) is 0 Å². The summed E-state index contributed by atoms with van der Waals surface area (Å²) in [6.07, 6.45) is 2.99. The molecule has 0 saturated carbocycles. The molecular weight excluding hydrogens is 481 g/mol.